The molecule has 1 heterocycles. The lowest BCUT2D eigenvalue weighted by Crippen LogP contribution is -2.22. The first-order valence-electron chi connectivity index (χ1n) is 7.94. The Morgan fingerprint density at radius 3 is 2.40 bits per heavy atom. The Bertz CT molecular complexity index is 841. The molecular weight excluding hydrogens is 358 g/mol. The molecule has 1 atom stereocenters. The van der Waals surface area contributed by atoms with Gasteiger partial charge in [0.25, 0.3) is 5.56 Å². The molecule has 6 nitrogen and oxygen atoms in total. The van der Waals surface area contributed by atoms with Crippen LogP contribution in [0, 0.1) is 0 Å². The van der Waals surface area contributed by atoms with E-state index in [0.717, 1.165) is 5.56 Å². The van der Waals surface area contributed by atoms with Crippen LogP contribution in [0.1, 0.15) is 56.5 Å². The summed E-state index contributed by atoms with van der Waals surface area (Å²) >= 11 is 7.41. The van der Waals surface area contributed by atoms with Crippen molar-refractivity contribution < 1.29 is 0 Å². The molecule has 0 radical (unpaired) electrons. The molecule has 25 heavy (non-hydrogen) atoms. The summed E-state index contributed by atoms with van der Waals surface area (Å²) in [5.41, 5.74) is 10.6. The van der Waals surface area contributed by atoms with Crippen molar-refractivity contribution in [3.8, 4) is 0 Å². The van der Waals surface area contributed by atoms with Crippen LogP contribution in [-0.4, -0.2) is 15.2 Å². The number of nitrogens with zero attached hydrogens (tertiary/aromatic N) is 4. The average molecular weight is 378 g/mol. The zero-order valence-corrected chi connectivity index (χ0v) is 16.1. The van der Waals surface area contributed by atoms with Crippen LogP contribution in [0.2, 0.25) is 5.02 Å². The third-order valence-corrected chi connectivity index (χ3v) is 4.64. The number of azide groups is 1. The summed E-state index contributed by atoms with van der Waals surface area (Å²) in [6.45, 7) is 7.87. The highest BCUT2D eigenvalue weighted by Gasteiger charge is 2.23. The fraction of sp³-hybridized carbons (Fsp3) is 0.412. The van der Waals surface area contributed by atoms with Crippen LogP contribution in [0.5, 0.6) is 0 Å². The second kappa shape index (κ2) is 8.43. The molecule has 0 aliphatic rings. The van der Waals surface area contributed by atoms with E-state index in [2.05, 4.69) is 20.0 Å². The van der Waals surface area contributed by atoms with Crippen molar-refractivity contribution in [2.75, 3.05) is 0 Å². The first-order chi connectivity index (χ1) is 11.8. The molecule has 2 rings (SSSR count). The molecule has 1 unspecified atom stereocenters. The molecule has 0 fully saturated rings. The van der Waals surface area contributed by atoms with Gasteiger partial charge in [0, 0.05) is 20.7 Å². The van der Waals surface area contributed by atoms with E-state index in [1.54, 1.807) is 24.3 Å². The van der Waals surface area contributed by atoms with Gasteiger partial charge in [-0.1, -0.05) is 68.3 Å². The summed E-state index contributed by atoms with van der Waals surface area (Å²) in [5, 5.41) is 5.28. The van der Waals surface area contributed by atoms with Gasteiger partial charge in [-0.25, -0.2) is 4.98 Å². The van der Waals surface area contributed by atoms with Crippen molar-refractivity contribution in [1.29, 1.82) is 0 Å². The Morgan fingerprint density at radius 1 is 1.24 bits per heavy atom. The number of hydrogen-bond acceptors (Lipinski definition) is 4. The average Bonchev–Trinajstić information content (AvgIpc) is 2.52. The summed E-state index contributed by atoms with van der Waals surface area (Å²) in [6, 6.07) is 6.33. The fourth-order valence-corrected chi connectivity index (χ4v) is 3.37. The van der Waals surface area contributed by atoms with E-state index >= 15 is 0 Å². The second-order valence-corrected chi connectivity index (χ2v) is 8.15. The summed E-state index contributed by atoms with van der Waals surface area (Å²) < 4.78 is 0. The molecule has 0 aliphatic carbocycles. The van der Waals surface area contributed by atoms with Crippen molar-refractivity contribution in [3.05, 3.63) is 66.9 Å². The minimum Gasteiger partial charge on any atom is -0.301 e. The highest BCUT2D eigenvalue weighted by atomic mass is 35.5. The van der Waals surface area contributed by atoms with E-state index in [-0.39, 0.29) is 16.7 Å². The molecule has 132 valence electrons. The maximum atomic E-state index is 12.6. The van der Waals surface area contributed by atoms with Crippen LogP contribution in [-0.2, 0) is 0 Å². The number of hydrogen-bond donors (Lipinski definition) is 1. The van der Waals surface area contributed by atoms with Gasteiger partial charge < -0.3 is 4.98 Å². The Balaban J connectivity index is 2.69. The van der Waals surface area contributed by atoms with Gasteiger partial charge in [0.2, 0.25) is 0 Å². The van der Waals surface area contributed by atoms with Crippen LogP contribution in [0.4, 0.5) is 0 Å². The maximum Gasteiger partial charge on any atom is 0.255 e. The van der Waals surface area contributed by atoms with E-state index in [9.17, 15) is 4.79 Å². The lowest BCUT2D eigenvalue weighted by atomic mass is 9.95. The van der Waals surface area contributed by atoms with Crippen LogP contribution in [0.25, 0.3) is 10.4 Å². The minimum absolute atomic E-state index is 0.0620. The first-order valence-corrected chi connectivity index (χ1v) is 9.19. The van der Waals surface area contributed by atoms with E-state index in [0.29, 0.717) is 21.4 Å². The normalized spacial score (nSPS) is 12.3. The number of aromatic amines is 1. The zero-order valence-electron chi connectivity index (χ0n) is 14.5. The summed E-state index contributed by atoms with van der Waals surface area (Å²) in [6.07, 6.45) is 0. The molecule has 0 saturated carbocycles. The van der Waals surface area contributed by atoms with Crippen LogP contribution < -0.4 is 5.56 Å². The van der Waals surface area contributed by atoms with Crippen molar-refractivity contribution in [3.63, 3.8) is 0 Å². The fourth-order valence-electron chi connectivity index (χ4n) is 2.50. The molecule has 0 aliphatic heterocycles. The molecule has 1 aromatic heterocycles. The molecule has 1 aromatic carbocycles. The van der Waals surface area contributed by atoms with Gasteiger partial charge in [-0.05, 0) is 29.1 Å². The Hall–Kier alpha value is -1.95. The smallest absolute Gasteiger partial charge is 0.255 e. The van der Waals surface area contributed by atoms with E-state index in [4.69, 9.17) is 17.1 Å². The van der Waals surface area contributed by atoms with Gasteiger partial charge >= 0.3 is 0 Å². The number of halogens is 1. The monoisotopic (exact) mass is 377 g/mol. The maximum absolute atomic E-state index is 12.6. The second-order valence-electron chi connectivity index (χ2n) is 6.15. The molecule has 0 spiro atoms. The van der Waals surface area contributed by atoms with Gasteiger partial charge in [0.05, 0.1) is 5.69 Å². The summed E-state index contributed by atoms with van der Waals surface area (Å²) in [5.74, 6) is -0.0620. The number of benzene rings is 1. The Labute approximate surface area is 155 Å². The van der Waals surface area contributed by atoms with E-state index < -0.39 is 6.04 Å². The molecule has 8 heteroatoms. The SMILES string of the molecule is CC(C)Sc1nc(C(N=[N+]=[N-])c2ccc(Cl)cc2)c(C(C)C)c(=O)[nH]1. The lowest BCUT2D eigenvalue weighted by Gasteiger charge is -2.18. The molecule has 0 saturated heterocycles. The van der Waals surface area contributed by atoms with Gasteiger partial charge in [-0.2, -0.15) is 0 Å². The number of aromatic nitrogens is 2. The number of thioether (sulfide) groups is 1. The van der Waals surface area contributed by atoms with Gasteiger partial charge in [0.1, 0.15) is 6.04 Å². The Kier molecular flexibility index (Phi) is 6.53. The third kappa shape index (κ3) is 4.78. The number of H-pyrrole nitrogens is 1. The highest BCUT2D eigenvalue weighted by Crippen LogP contribution is 2.31. The lowest BCUT2D eigenvalue weighted by molar-refractivity contribution is 0.706. The highest BCUT2D eigenvalue weighted by molar-refractivity contribution is 7.99. The third-order valence-electron chi connectivity index (χ3n) is 3.50. The molecular formula is C17H20ClN5OS. The molecule has 0 amide bonds. The van der Waals surface area contributed by atoms with Gasteiger partial charge in [-0.15, -0.1) is 0 Å². The van der Waals surface area contributed by atoms with Crippen molar-refractivity contribution in [1.82, 2.24) is 9.97 Å². The first kappa shape index (κ1) is 19.4. The Morgan fingerprint density at radius 2 is 1.88 bits per heavy atom. The topological polar surface area (TPSA) is 94.5 Å². The molecule has 0 bridgehead atoms. The van der Waals surface area contributed by atoms with Crippen LogP contribution in [0.15, 0.2) is 39.3 Å². The zero-order chi connectivity index (χ0) is 18.6. The molecule has 2 aromatic rings. The predicted octanol–water partition coefficient (Wildman–Crippen LogP) is 5.45. The van der Waals surface area contributed by atoms with Gasteiger partial charge in [0.15, 0.2) is 5.16 Å². The van der Waals surface area contributed by atoms with Crippen molar-refractivity contribution >= 4 is 23.4 Å². The van der Waals surface area contributed by atoms with Crippen molar-refractivity contribution in [2.45, 2.75) is 50.1 Å². The quantitative estimate of drug-likeness (QED) is 0.238. The number of nitrogens with one attached hydrogen (secondary N) is 1. The van der Waals surface area contributed by atoms with Gasteiger partial charge in [-0.3, -0.25) is 4.79 Å². The minimum atomic E-state index is -0.687. The summed E-state index contributed by atoms with van der Waals surface area (Å²) in [4.78, 5) is 23.0. The number of rotatable bonds is 6. The van der Waals surface area contributed by atoms with E-state index in [1.807, 2.05) is 27.7 Å². The van der Waals surface area contributed by atoms with Crippen LogP contribution >= 0.6 is 23.4 Å². The predicted molar refractivity (Wildman–Crippen MR) is 102 cm³/mol. The summed E-state index contributed by atoms with van der Waals surface area (Å²) in [7, 11) is 0. The van der Waals surface area contributed by atoms with E-state index in [1.165, 1.54) is 11.8 Å². The molecule has 1 N–H and O–H groups in total. The largest absolute Gasteiger partial charge is 0.301 e. The van der Waals surface area contributed by atoms with Crippen molar-refractivity contribution in [2.24, 2.45) is 5.11 Å². The standard InChI is InChI=1S/C17H20ClN5OS/c1-9(2)13-15(20-17(21-16(13)24)25-10(3)4)14(22-23-19)11-5-7-12(18)8-6-11/h5-10,14H,1-4H3,(H,20,21,24). The van der Waals surface area contributed by atoms with Crippen LogP contribution in [0.3, 0.4) is 0 Å².